The van der Waals surface area contributed by atoms with Gasteiger partial charge in [0.25, 0.3) is 0 Å². The number of amides is 1. The van der Waals surface area contributed by atoms with Gasteiger partial charge in [-0.25, -0.2) is 0 Å². The molecule has 4 heteroatoms. The SMILES string of the molecule is CCC1(COc2cccc(-c3ccccc3C(N)=O)c2)COC1. The predicted octanol–water partition coefficient (Wildman–Crippen LogP) is 3.26. The molecule has 1 aliphatic heterocycles. The average molecular weight is 311 g/mol. The molecule has 1 fully saturated rings. The fourth-order valence-electron chi connectivity index (χ4n) is 2.72. The summed E-state index contributed by atoms with van der Waals surface area (Å²) in [6.45, 7) is 4.32. The third kappa shape index (κ3) is 3.22. The van der Waals surface area contributed by atoms with E-state index in [-0.39, 0.29) is 5.41 Å². The molecule has 1 saturated heterocycles. The molecule has 0 unspecified atom stereocenters. The van der Waals surface area contributed by atoms with Crippen LogP contribution in [0, 0.1) is 5.41 Å². The second-order valence-corrected chi connectivity index (χ2v) is 6.07. The minimum atomic E-state index is -0.427. The highest BCUT2D eigenvalue weighted by Crippen LogP contribution is 2.33. The topological polar surface area (TPSA) is 61.5 Å². The van der Waals surface area contributed by atoms with Gasteiger partial charge in [-0.05, 0) is 35.7 Å². The summed E-state index contributed by atoms with van der Waals surface area (Å²) in [4.78, 5) is 11.6. The van der Waals surface area contributed by atoms with E-state index in [4.69, 9.17) is 15.2 Å². The van der Waals surface area contributed by atoms with E-state index in [0.29, 0.717) is 12.2 Å². The van der Waals surface area contributed by atoms with E-state index in [0.717, 1.165) is 36.5 Å². The van der Waals surface area contributed by atoms with Crippen molar-refractivity contribution in [2.24, 2.45) is 11.1 Å². The summed E-state index contributed by atoms with van der Waals surface area (Å²) in [6.07, 6.45) is 1.04. The molecule has 120 valence electrons. The molecule has 0 radical (unpaired) electrons. The Morgan fingerprint density at radius 2 is 2.00 bits per heavy atom. The first-order valence-corrected chi connectivity index (χ1v) is 7.83. The summed E-state index contributed by atoms with van der Waals surface area (Å²) in [5, 5.41) is 0. The number of ether oxygens (including phenoxy) is 2. The van der Waals surface area contributed by atoms with E-state index in [1.54, 1.807) is 6.07 Å². The molecule has 1 amide bonds. The van der Waals surface area contributed by atoms with Crippen LogP contribution in [0.1, 0.15) is 23.7 Å². The number of benzene rings is 2. The highest BCUT2D eigenvalue weighted by molar-refractivity contribution is 5.99. The van der Waals surface area contributed by atoms with Gasteiger partial charge in [0, 0.05) is 5.56 Å². The van der Waals surface area contributed by atoms with Crippen molar-refractivity contribution in [1.29, 1.82) is 0 Å². The number of nitrogens with two attached hydrogens (primary N) is 1. The summed E-state index contributed by atoms with van der Waals surface area (Å²) in [5.74, 6) is 0.366. The molecule has 1 heterocycles. The molecule has 0 bridgehead atoms. The van der Waals surface area contributed by atoms with Gasteiger partial charge in [0.2, 0.25) is 5.91 Å². The minimum Gasteiger partial charge on any atom is -0.493 e. The lowest BCUT2D eigenvalue weighted by molar-refractivity contribution is -0.133. The van der Waals surface area contributed by atoms with Gasteiger partial charge in [-0.2, -0.15) is 0 Å². The first-order chi connectivity index (χ1) is 11.1. The molecule has 0 aliphatic carbocycles. The highest BCUT2D eigenvalue weighted by Gasteiger charge is 2.37. The van der Waals surface area contributed by atoms with Crippen LogP contribution in [0.5, 0.6) is 5.75 Å². The van der Waals surface area contributed by atoms with Crippen molar-refractivity contribution < 1.29 is 14.3 Å². The van der Waals surface area contributed by atoms with Crippen molar-refractivity contribution in [3.05, 3.63) is 54.1 Å². The first kappa shape index (κ1) is 15.6. The number of carbonyl (C=O) groups is 1. The summed E-state index contributed by atoms with van der Waals surface area (Å²) in [5.41, 5.74) is 7.87. The van der Waals surface area contributed by atoms with Gasteiger partial charge in [-0.1, -0.05) is 37.3 Å². The lowest BCUT2D eigenvalue weighted by Crippen LogP contribution is -2.46. The molecule has 0 atom stereocenters. The molecular formula is C19H21NO3. The molecule has 2 aromatic carbocycles. The molecule has 2 aromatic rings. The Kier molecular flexibility index (Phi) is 4.35. The first-order valence-electron chi connectivity index (χ1n) is 7.83. The van der Waals surface area contributed by atoms with Crippen LogP contribution >= 0.6 is 0 Å². The van der Waals surface area contributed by atoms with E-state index < -0.39 is 5.91 Å². The van der Waals surface area contributed by atoms with Crippen LogP contribution in [0.25, 0.3) is 11.1 Å². The summed E-state index contributed by atoms with van der Waals surface area (Å²) >= 11 is 0. The van der Waals surface area contributed by atoms with Gasteiger partial charge in [-0.3, -0.25) is 4.79 Å². The van der Waals surface area contributed by atoms with Crippen molar-refractivity contribution in [2.75, 3.05) is 19.8 Å². The Morgan fingerprint density at radius 1 is 1.22 bits per heavy atom. The summed E-state index contributed by atoms with van der Waals surface area (Å²) in [7, 11) is 0. The van der Waals surface area contributed by atoms with Crippen LogP contribution < -0.4 is 10.5 Å². The van der Waals surface area contributed by atoms with Crippen molar-refractivity contribution in [3.63, 3.8) is 0 Å². The van der Waals surface area contributed by atoms with Crippen molar-refractivity contribution >= 4 is 5.91 Å². The Balaban J connectivity index is 1.82. The largest absolute Gasteiger partial charge is 0.493 e. The van der Waals surface area contributed by atoms with E-state index in [2.05, 4.69) is 6.92 Å². The van der Waals surface area contributed by atoms with Crippen LogP contribution in [0.15, 0.2) is 48.5 Å². The number of hydrogen-bond acceptors (Lipinski definition) is 3. The average Bonchev–Trinajstić information content (AvgIpc) is 2.54. The second kappa shape index (κ2) is 6.42. The Morgan fingerprint density at radius 3 is 2.65 bits per heavy atom. The molecule has 1 aliphatic rings. The second-order valence-electron chi connectivity index (χ2n) is 6.07. The Labute approximate surface area is 136 Å². The predicted molar refractivity (Wildman–Crippen MR) is 89.4 cm³/mol. The van der Waals surface area contributed by atoms with E-state index >= 15 is 0 Å². The van der Waals surface area contributed by atoms with Gasteiger partial charge < -0.3 is 15.2 Å². The molecule has 4 nitrogen and oxygen atoms in total. The van der Waals surface area contributed by atoms with E-state index in [9.17, 15) is 4.79 Å². The molecule has 3 rings (SSSR count). The summed E-state index contributed by atoms with van der Waals surface area (Å²) in [6, 6.07) is 15.1. The Bertz CT molecular complexity index is 702. The third-order valence-corrected chi connectivity index (χ3v) is 4.45. The quantitative estimate of drug-likeness (QED) is 0.890. The fraction of sp³-hybridized carbons (Fsp3) is 0.316. The zero-order valence-corrected chi connectivity index (χ0v) is 13.2. The van der Waals surface area contributed by atoms with Gasteiger partial charge in [0.1, 0.15) is 5.75 Å². The van der Waals surface area contributed by atoms with Crippen molar-refractivity contribution in [1.82, 2.24) is 0 Å². The van der Waals surface area contributed by atoms with Crippen LogP contribution in [0.4, 0.5) is 0 Å². The van der Waals surface area contributed by atoms with Crippen LogP contribution in [-0.2, 0) is 4.74 Å². The zero-order valence-electron chi connectivity index (χ0n) is 13.2. The molecular weight excluding hydrogens is 290 g/mol. The number of carbonyl (C=O) groups excluding carboxylic acids is 1. The normalized spacial score (nSPS) is 15.7. The van der Waals surface area contributed by atoms with Gasteiger partial charge in [0.15, 0.2) is 0 Å². The molecule has 0 aromatic heterocycles. The molecule has 2 N–H and O–H groups in total. The van der Waals surface area contributed by atoms with Crippen molar-refractivity contribution in [3.8, 4) is 16.9 Å². The monoisotopic (exact) mass is 311 g/mol. The van der Waals surface area contributed by atoms with Crippen LogP contribution in [0.3, 0.4) is 0 Å². The lowest BCUT2D eigenvalue weighted by Gasteiger charge is -2.40. The molecule has 0 saturated carbocycles. The Hall–Kier alpha value is -2.33. The smallest absolute Gasteiger partial charge is 0.249 e. The van der Waals surface area contributed by atoms with E-state index in [1.807, 2.05) is 42.5 Å². The molecule has 23 heavy (non-hydrogen) atoms. The van der Waals surface area contributed by atoms with Crippen molar-refractivity contribution in [2.45, 2.75) is 13.3 Å². The maximum atomic E-state index is 11.6. The van der Waals surface area contributed by atoms with Gasteiger partial charge in [0.05, 0.1) is 25.2 Å². The summed E-state index contributed by atoms with van der Waals surface area (Å²) < 4.78 is 11.3. The zero-order chi connectivity index (χ0) is 16.3. The minimum absolute atomic E-state index is 0.140. The fourth-order valence-corrected chi connectivity index (χ4v) is 2.72. The standard InChI is InChI=1S/C19H21NO3/c1-2-19(11-22-12-19)13-23-15-7-5-6-14(10-15)16-8-3-4-9-17(16)18(20)21/h3-10H,2,11-13H2,1H3,(H2,20,21). The third-order valence-electron chi connectivity index (χ3n) is 4.45. The molecule has 0 spiro atoms. The van der Waals surface area contributed by atoms with Crippen LogP contribution in [-0.4, -0.2) is 25.7 Å². The lowest BCUT2D eigenvalue weighted by atomic mass is 9.84. The van der Waals surface area contributed by atoms with E-state index in [1.165, 1.54) is 0 Å². The van der Waals surface area contributed by atoms with Gasteiger partial charge in [-0.15, -0.1) is 0 Å². The number of hydrogen-bond donors (Lipinski definition) is 1. The van der Waals surface area contributed by atoms with Crippen LogP contribution in [0.2, 0.25) is 0 Å². The number of primary amides is 1. The van der Waals surface area contributed by atoms with Gasteiger partial charge >= 0.3 is 0 Å². The highest BCUT2D eigenvalue weighted by atomic mass is 16.5. The maximum Gasteiger partial charge on any atom is 0.249 e. The maximum absolute atomic E-state index is 11.6. The number of rotatable bonds is 6.